The van der Waals surface area contributed by atoms with Crippen molar-refractivity contribution in [3.8, 4) is 5.75 Å². The molecular formula is C15H16N6O6. The minimum absolute atomic E-state index is 0.0765. The van der Waals surface area contributed by atoms with Crippen molar-refractivity contribution in [1.82, 2.24) is 9.78 Å². The lowest BCUT2D eigenvalue weighted by atomic mass is 10.2. The van der Waals surface area contributed by atoms with Gasteiger partial charge in [0.1, 0.15) is 24.2 Å². The highest BCUT2D eigenvalue weighted by atomic mass is 16.7. The average Bonchev–Trinajstić information content (AvgIpc) is 2.98. The maximum absolute atomic E-state index is 11.8. The summed E-state index contributed by atoms with van der Waals surface area (Å²) >= 11 is 0. The molecule has 27 heavy (non-hydrogen) atoms. The summed E-state index contributed by atoms with van der Waals surface area (Å²) in [6.45, 7) is 0.823. The first-order valence-corrected chi connectivity index (χ1v) is 7.49. The van der Waals surface area contributed by atoms with Crippen molar-refractivity contribution in [2.75, 3.05) is 6.61 Å². The van der Waals surface area contributed by atoms with Crippen molar-refractivity contribution < 1.29 is 24.1 Å². The van der Waals surface area contributed by atoms with Crippen molar-refractivity contribution in [3.05, 3.63) is 51.8 Å². The summed E-state index contributed by atoms with van der Waals surface area (Å²) < 4.78 is 6.17. The molecule has 0 fully saturated rings. The van der Waals surface area contributed by atoms with Crippen molar-refractivity contribution >= 4 is 23.4 Å². The molecule has 2 rings (SSSR count). The number of hydrogen-bond donors (Lipinski definition) is 2. The normalized spacial score (nSPS) is 11.1. The molecule has 1 heterocycles. The summed E-state index contributed by atoms with van der Waals surface area (Å²) in [6.07, 6.45) is 1.12. The van der Waals surface area contributed by atoms with Crippen LogP contribution in [-0.2, 0) is 21.0 Å². The van der Waals surface area contributed by atoms with Gasteiger partial charge in [-0.15, -0.1) is 0 Å². The van der Waals surface area contributed by atoms with E-state index < -0.39 is 16.8 Å². The zero-order chi connectivity index (χ0) is 20.0. The number of nitro groups is 1. The number of primary amides is 1. The number of oxime groups is 1. The van der Waals surface area contributed by atoms with Crippen LogP contribution in [0.4, 0.5) is 5.69 Å². The molecule has 142 valence electrons. The van der Waals surface area contributed by atoms with Gasteiger partial charge in [-0.3, -0.25) is 19.6 Å². The van der Waals surface area contributed by atoms with E-state index >= 15 is 0 Å². The maximum atomic E-state index is 11.8. The van der Waals surface area contributed by atoms with Gasteiger partial charge in [0.15, 0.2) is 12.4 Å². The average molecular weight is 376 g/mol. The lowest BCUT2D eigenvalue weighted by molar-refractivity contribution is -0.385. The monoisotopic (exact) mass is 376 g/mol. The number of amidine groups is 1. The molecule has 0 saturated heterocycles. The zero-order valence-corrected chi connectivity index (χ0v) is 14.2. The minimum Gasteiger partial charge on any atom is -0.484 e. The molecule has 4 N–H and O–H groups in total. The molecule has 0 atom stereocenters. The smallest absolute Gasteiger partial charge is 0.356 e. The zero-order valence-electron chi connectivity index (χ0n) is 14.2. The van der Waals surface area contributed by atoms with Crippen LogP contribution in [-0.4, -0.2) is 39.0 Å². The number of aryl methyl sites for hydroxylation is 1. The Kier molecular flexibility index (Phi) is 6.04. The molecule has 0 radical (unpaired) electrons. The topological polar surface area (TPSA) is 178 Å². The Morgan fingerprint density at radius 2 is 1.96 bits per heavy atom. The number of hydrogen-bond acceptors (Lipinski definition) is 8. The predicted octanol–water partition coefficient (Wildman–Crippen LogP) is -0.172. The van der Waals surface area contributed by atoms with E-state index in [4.69, 9.17) is 16.2 Å². The maximum Gasteiger partial charge on any atom is 0.356 e. The van der Waals surface area contributed by atoms with Crippen LogP contribution in [0.3, 0.4) is 0 Å². The summed E-state index contributed by atoms with van der Waals surface area (Å²) in [5, 5.41) is 18.1. The Bertz CT molecular complexity index is 889. The molecule has 1 aromatic carbocycles. The summed E-state index contributed by atoms with van der Waals surface area (Å²) in [5.74, 6) is -1.09. The minimum atomic E-state index is -0.809. The van der Waals surface area contributed by atoms with Crippen LogP contribution in [0.2, 0.25) is 0 Å². The van der Waals surface area contributed by atoms with E-state index in [2.05, 4.69) is 15.1 Å². The third-order valence-electron chi connectivity index (χ3n) is 3.19. The largest absolute Gasteiger partial charge is 0.484 e. The Balaban J connectivity index is 1.94. The number of nitrogens with two attached hydrogens (primary N) is 2. The van der Waals surface area contributed by atoms with Gasteiger partial charge in [-0.05, 0) is 31.2 Å². The summed E-state index contributed by atoms with van der Waals surface area (Å²) in [6, 6.07) is 6.16. The van der Waals surface area contributed by atoms with Crippen LogP contribution in [0, 0.1) is 17.0 Å². The molecule has 1 aromatic heterocycles. The van der Waals surface area contributed by atoms with Gasteiger partial charge in [0.2, 0.25) is 0 Å². The van der Waals surface area contributed by atoms with E-state index in [9.17, 15) is 19.7 Å². The first-order chi connectivity index (χ1) is 12.8. The van der Waals surface area contributed by atoms with E-state index in [1.807, 2.05) is 0 Å². The number of carbonyl (C=O) groups is 2. The fraction of sp³-hybridized carbons (Fsp3) is 0.200. The first kappa shape index (κ1) is 19.4. The van der Waals surface area contributed by atoms with E-state index in [0.717, 1.165) is 10.9 Å². The van der Waals surface area contributed by atoms with Gasteiger partial charge >= 0.3 is 11.7 Å². The van der Waals surface area contributed by atoms with Crippen LogP contribution < -0.4 is 16.2 Å². The quantitative estimate of drug-likeness (QED) is 0.209. The molecule has 0 saturated carbocycles. The van der Waals surface area contributed by atoms with Crippen LogP contribution >= 0.6 is 0 Å². The second-order valence-corrected chi connectivity index (χ2v) is 5.27. The predicted molar refractivity (Wildman–Crippen MR) is 91.6 cm³/mol. The number of amides is 1. The molecule has 0 unspecified atom stereocenters. The third-order valence-corrected chi connectivity index (χ3v) is 3.19. The van der Waals surface area contributed by atoms with Crippen molar-refractivity contribution in [2.24, 2.45) is 16.6 Å². The lowest BCUT2D eigenvalue weighted by Gasteiger charge is -2.05. The highest BCUT2D eigenvalue weighted by molar-refractivity contribution is 5.97. The van der Waals surface area contributed by atoms with E-state index in [-0.39, 0.29) is 30.4 Å². The van der Waals surface area contributed by atoms with Crippen LogP contribution in [0.1, 0.15) is 11.3 Å². The Hall–Kier alpha value is -3.96. The molecule has 2 aromatic rings. The molecule has 0 aliphatic heterocycles. The van der Waals surface area contributed by atoms with Crippen LogP contribution in [0.15, 0.2) is 35.6 Å². The number of aromatic nitrogens is 2. The Morgan fingerprint density at radius 1 is 1.30 bits per heavy atom. The van der Waals surface area contributed by atoms with Gasteiger partial charge in [0.25, 0.3) is 5.91 Å². The fourth-order valence-electron chi connectivity index (χ4n) is 1.96. The van der Waals surface area contributed by atoms with E-state index in [0.29, 0.717) is 11.3 Å². The molecule has 0 bridgehead atoms. The lowest BCUT2D eigenvalue weighted by Crippen LogP contribution is -2.20. The number of benzene rings is 1. The third kappa shape index (κ3) is 5.52. The van der Waals surface area contributed by atoms with E-state index in [1.165, 1.54) is 19.1 Å². The van der Waals surface area contributed by atoms with Gasteiger partial charge < -0.3 is 21.0 Å². The van der Waals surface area contributed by atoms with Crippen molar-refractivity contribution in [1.29, 1.82) is 0 Å². The Labute approximate surface area is 152 Å². The molecule has 1 amide bonds. The second kappa shape index (κ2) is 8.42. The molecule has 12 nitrogen and oxygen atoms in total. The Morgan fingerprint density at radius 3 is 2.52 bits per heavy atom. The molecular weight excluding hydrogens is 360 g/mol. The summed E-state index contributed by atoms with van der Waals surface area (Å²) in [4.78, 5) is 37.3. The fourth-order valence-corrected chi connectivity index (χ4v) is 1.96. The van der Waals surface area contributed by atoms with Gasteiger partial charge in [0, 0.05) is 5.56 Å². The van der Waals surface area contributed by atoms with E-state index in [1.54, 1.807) is 12.1 Å². The van der Waals surface area contributed by atoms with Crippen molar-refractivity contribution in [2.45, 2.75) is 13.5 Å². The molecule has 0 aliphatic carbocycles. The van der Waals surface area contributed by atoms with Gasteiger partial charge in [0.05, 0.1) is 4.92 Å². The van der Waals surface area contributed by atoms with Crippen LogP contribution in [0.25, 0.3) is 0 Å². The molecule has 12 heteroatoms. The molecule has 0 spiro atoms. The highest BCUT2D eigenvalue weighted by Gasteiger charge is 2.17. The van der Waals surface area contributed by atoms with Gasteiger partial charge in [-0.1, -0.05) is 5.16 Å². The summed E-state index contributed by atoms with van der Waals surface area (Å²) in [7, 11) is 0. The number of ether oxygens (including phenoxy) is 1. The number of carbonyl (C=O) groups excluding carboxylic acids is 2. The molecule has 0 aliphatic rings. The van der Waals surface area contributed by atoms with Crippen molar-refractivity contribution in [3.63, 3.8) is 0 Å². The highest BCUT2D eigenvalue weighted by Crippen LogP contribution is 2.15. The van der Waals surface area contributed by atoms with Crippen LogP contribution in [0.5, 0.6) is 5.75 Å². The van der Waals surface area contributed by atoms with Gasteiger partial charge in [-0.25, -0.2) is 4.79 Å². The summed E-state index contributed by atoms with van der Waals surface area (Å²) in [5.41, 5.74) is 11.1. The SMILES string of the molecule is Cc1nn(CC(=O)O/N=C(\N)c2ccc(OCC(N)=O)cc2)cc1[N+](=O)[O-]. The number of nitrogens with zero attached hydrogens (tertiary/aromatic N) is 4. The standard InChI is InChI=1S/C15H16N6O6/c1-9-12(21(24)25)6-20(18-9)7-14(23)27-19-15(17)10-2-4-11(5-3-10)26-8-13(16)22/h2-6H,7-8H2,1H3,(H2,16,22)(H2,17,19). The van der Waals surface area contributed by atoms with Gasteiger partial charge in [-0.2, -0.15) is 5.10 Å². The second-order valence-electron chi connectivity index (χ2n) is 5.27. The number of rotatable bonds is 8. The first-order valence-electron chi connectivity index (χ1n) is 7.49.